The predicted octanol–water partition coefficient (Wildman–Crippen LogP) is 2.48. The minimum atomic E-state index is 0.0866. The molecule has 2 rings (SSSR count). The standard InChI is InChI=1S/C12H17ClN2O3/c1-16-8-4-3-5-9(6-8)18-12-10(17-2)11(13)14-7-15-12/h7-9H,3-6H2,1-2H3. The highest BCUT2D eigenvalue weighted by atomic mass is 35.5. The van der Waals surface area contributed by atoms with Crippen molar-refractivity contribution in [3.63, 3.8) is 0 Å². The molecule has 1 aliphatic carbocycles. The monoisotopic (exact) mass is 272 g/mol. The van der Waals surface area contributed by atoms with Gasteiger partial charge in [0.25, 0.3) is 5.88 Å². The molecule has 0 saturated heterocycles. The topological polar surface area (TPSA) is 53.5 Å². The first-order valence-corrected chi connectivity index (χ1v) is 6.36. The van der Waals surface area contributed by atoms with E-state index in [4.69, 9.17) is 25.8 Å². The summed E-state index contributed by atoms with van der Waals surface area (Å²) >= 11 is 5.92. The van der Waals surface area contributed by atoms with Crippen LogP contribution in [0.2, 0.25) is 5.15 Å². The molecule has 0 aromatic carbocycles. The lowest BCUT2D eigenvalue weighted by molar-refractivity contribution is 0.0185. The van der Waals surface area contributed by atoms with Crippen LogP contribution < -0.4 is 9.47 Å². The summed E-state index contributed by atoms with van der Waals surface area (Å²) in [5, 5.41) is 0.265. The van der Waals surface area contributed by atoms with Crippen LogP contribution in [-0.4, -0.2) is 36.4 Å². The zero-order valence-electron chi connectivity index (χ0n) is 10.6. The molecule has 6 heteroatoms. The van der Waals surface area contributed by atoms with Crippen LogP contribution in [0.25, 0.3) is 0 Å². The zero-order chi connectivity index (χ0) is 13.0. The predicted molar refractivity (Wildman–Crippen MR) is 67.3 cm³/mol. The van der Waals surface area contributed by atoms with E-state index in [2.05, 4.69) is 9.97 Å². The van der Waals surface area contributed by atoms with E-state index in [1.165, 1.54) is 13.4 Å². The molecular weight excluding hydrogens is 256 g/mol. The second kappa shape index (κ2) is 6.20. The maximum atomic E-state index is 5.92. The molecule has 2 atom stereocenters. The summed E-state index contributed by atoms with van der Waals surface area (Å²) in [6.07, 6.45) is 5.74. The molecule has 0 amide bonds. The van der Waals surface area contributed by atoms with Crippen molar-refractivity contribution in [1.29, 1.82) is 0 Å². The van der Waals surface area contributed by atoms with E-state index in [9.17, 15) is 0 Å². The van der Waals surface area contributed by atoms with Crippen LogP contribution in [0.15, 0.2) is 6.33 Å². The maximum absolute atomic E-state index is 5.92. The Kier molecular flexibility index (Phi) is 4.60. The van der Waals surface area contributed by atoms with Gasteiger partial charge >= 0.3 is 0 Å². The number of hydrogen-bond donors (Lipinski definition) is 0. The molecule has 1 heterocycles. The maximum Gasteiger partial charge on any atom is 0.262 e. The summed E-state index contributed by atoms with van der Waals surface area (Å²) in [5.74, 6) is 0.790. The fourth-order valence-electron chi connectivity index (χ4n) is 2.17. The van der Waals surface area contributed by atoms with Gasteiger partial charge in [0.15, 0.2) is 5.15 Å². The lowest BCUT2D eigenvalue weighted by Gasteiger charge is -2.28. The Labute approximate surface area is 111 Å². The molecule has 1 fully saturated rings. The van der Waals surface area contributed by atoms with Crippen molar-refractivity contribution in [2.75, 3.05) is 14.2 Å². The SMILES string of the molecule is COc1c(Cl)ncnc1OC1CCCC(OC)C1. The Morgan fingerprint density at radius 3 is 2.72 bits per heavy atom. The van der Waals surface area contributed by atoms with Gasteiger partial charge in [0.05, 0.1) is 13.2 Å². The van der Waals surface area contributed by atoms with Crippen molar-refractivity contribution >= 4 is 11.6 Å². The summed E-state index contributed by atoms with van der Waals surface area (Å²) in [4.78, 5) is 7.93. The van der Waals surface area contributed by atoms with Crippen molar-refractivity contribution in [2.45, 2.75) is 37.9 Å². The quantitative estimate of drug-likeness (QED) is 0.788. The fourth-order valence-corrected chi connectivity index (χ4v) is 2.38. The molecule has 18 heavy (non-hydrogen) atoms. The fraction of sp³-hybridized carbons (Fsp3) is 0.667. The highest BCUT2D eigenvalue weighted by molar-refractivity contribution is 6.31. The van der Waals surface area contributed by atoms with Crippen LogP contribution in [0.3, 0.4) is 0 Å². The Balaban J connectivity index is 2.07. The van der Waals surface area contributed by atoms with Gasteiger partial charge in [-0.1, -0.05) is 11.6 Å². The van der Waals surface area contributed by atoms with Crippen LogP contribution in [0.4, 0.5) is 0 Å². The third-order valence-electron chi connectivity index (χ3n) is 3.12. The van der Waals surface area contributed by atoms with Crippen molar-refractivity contribution in [3.8, 4) is 11.6 Å². The summed E-state index contributed by atoms with van der Waals surface area (Å²) in [5.41, 5.74) is 0. The van der Waals surface area contributed by atoms with Crippen LogP contribution in [0.5, 0.6) is 11.6 Å². The van der Waals surface area contributed by atoms with Gasteiger partial charge in [-0.15, -0.1) is 0 Å². The van der Waals surface area contributed by atoms with Crippen LogP contribution in [-0.2, 0) is 4.74 Å². The van der Waals surface area contributed by atoms with Gasteiger partial charge in [-0.3, -0.25) is 0 Å². The molecule has 0 radical (unpaired) electrons. The third-order valence-corrected chi connectivity index (χ3v) is 3.39. The molecule has 0 N–H and O–H groups in total. The molecule has 1 aliphatic rings. The zero-order valence-corrected chi connectivity index (χ0v) is 11.3. The first-order valence-electron chi connectivity index (χ1n) is 5.98. The van der Waals surface area contributed by atoms with Gasteiger partial charge in [-0.25, -0.2) is 4.98 Å². The Morgan fingerprint density at radius 2 is 2.00 bits per heavy atom. The van der Waals surface area contributed by atoms with E-state index in [1.807, 2.05) is 0 Å². The van der Waals surface area contributed by atoms with Crippen LogP contribution >= 0.6 is 11.6 Å². The van der Waals surface area contributed by atoms with Crippen molar-refractivity contribution in [1.82, 2.24) is 9.97 Å². The van der Waals surface area contributed by atoms with Crippen molar-refractivity contribution in [3.05, 3.63) is 11.5 Å². The Morgan fingerprint density at radius 1 is 1.22 bits per heavy atom. The Bertz CT molecular complexity index is 403. The van der Waals surface area contributed by atoms with Crippen LogP contribution in [0, 0.1) is 0 Å². The number of hydrogen-bond acceptors (Lipinski definition) is 5. The molecular formula is C12H17ClN2O3. The summed E-state index contributed by atoms with van der Waals surface area (Å²) in [6, 6.07) is 0. The summed E-state index contributed by atoms with van der Waals surface area (Å²) in [6.45, 7) is 0. The first-order chi connectivity index (χ1) is 8.74. The second-order valence-electron chi connectivity index (χ2n) is 4.27. The number of ether oxygens (including phenoxy) is 3. The van der Waals surface area contributed by atoms with E-state index in [-0.39, 0.29) is 17.4 Å². The second-order valence-corrected chi connectivity index (χ2v) is 4.63. The highest BCUT2D eigenvalue weighted by Crippen LogP contribution is 2.33. The third kappa shape index (κ3) is 3.03. The minimum Gasteiger partial charge on any atom is -0.489 e. The lowest BCUT2D eigenvalue weighted by atomic mass is 9.95. The van der Waals surface area contributed by atoms with Gasteiger partial charge in [-0.2, -0.15) is 4.98 Å². The van der Waals surface area contributed by atoms with Crippen molar-refractivity contribution < 1.29 is 14.2 Å². The molecule has 0 aliphatic heterocycles. The molecule has 100 valence electrons. The number of aromatic nitrogens is 2. The minimum absolute atomic E-state index is 0.0866. The van der Waals surface area contributed by atoms with Gasteiger partial charge in [-0.05, 0) is 19.3 Å². The number of methoxy groups -OCH3 is 2. The lowest BCUT2D eigenvalue weighted by Crippen LogP contribution is -2.29. The van der Waals surface area contributed by atoms with Gasteiger partial charge < -0.3 is 14.2 Å². The molecule has 1 aromatic rings. The molecule has 0 spiro atoms. The molecule has 0 bridgehead atoms. The van der Waals surface area contributed by atoms with E-state index in [1.54, 1.807) is 7.11 Å². The van der Waals surface area contributed by atoms with E-state index >= 15 is 0 Å². The molecule has 2 unspecified atom stereocenters. The summed E-state index contributed by atoms with van der Waals surface area (Å²) in [7, 11) is 3.26. The van der Waals surface area contributed by atoms with Gasteiger partial charge in [0.2, 0.25) is 5.75 Å². The van der Waals surface area contributed by atoms with Crippen molar-refractivity contribution in [2.24, 2.45) is 0 Å². The number of halogens is 1. The highest BCUT2D eigenvalue weighted by Gasteiger charge is 2.25. The number of rotatable bonds is 4. The normalized spacial score (nSPS) is 23.7. The molecule has 5 nitrogen and oxygen atoms in total. The van der Waals surface area contributed by atoms with E-state index < -0.39 is 0 Å². The van der Waals surface area contributed by atoms with Gasteiger partial charge in [0.1, 0.15) is 12.4 Å². The van der Waals surface area contributed by atoms with E-state index in [0.717, 1.165) is 25.7 Å². The van der Waals surface area contributed by atoms with Gasteiger partial charge in [0, 0.05) is 13.5 Å². The summed E-state index contributed by atoms with van der Waals surface area (Å²) < 4.78 is 16.4. The molecule has 1 aromatic heterocycles. The number of nitrogens with zero attached hydrogens (tertiary/aromatic N) is 2. The van der Waals surface area contributed by atoms with Crippen LogP contribution in [0.1, 0.15) is 25.7 Å². The largest absolute Gasteiger partial charge is 0.489 e. The molecule has 1 saturated carbocycles. The smallest absolute Gasteiger partial charge is 0.262 e. The van der Waals surface area contributed by atoms with E-state index in [0.29, 0.717) is 11.6 Å². The Hall–Kier alpha value is -1.07. The average Bonchev–Trinajstić information content (AvgIpc) is 2.39. The average molecular weight is 273 g/mol. The first kappa shape index (κ1) is 13.4.